The molecule has 3 nitrogen and oxygen atoms in total. The van der Waals surface area contributed by atoms with Crippen LogP contribution in [0, 0.1) is 6.92 Å². The van der Waals surface area contributed by atoms with E-state index in [1.54, 1.807) is 0 Å². The molecule has 1 fully saturated rings. The maximum atomic E-state index is 9.41. The van der Waals surface area contributed by atoms with E-state index in [1.807, 2.05) is 6.07 Å². The predicted octanol–water partition coefficient (Wildman–Crippen LogP) is 2.78. The summed E-state index contributed by atoms with van der Waals surface area (Å²) in [6.07, 6.45) is 2.43. The molecule has 0 saturated heterocycles. The molecule has 1 unspecified atom stereocenters. The molecule has 1 atom stereocenters. The molecular weight excluding hydrogens is 250 g/mol. The quantitative estimate of drug-likeness (QED) is 0.840. The third kappa shape index (κ3) is 4.22. The Morgan fingerprint density at radius 3 is 2.60 bits per heavy atom. The molecular formula is C17H27NO2. The number of hydrogen-bond donors (Lipinski definition) is 2. The summed E-state index contributed by atoms with van der Waals surface area (Å²) in [7, 11) is 0. The normalized spacial score (nSPS) is 17.1. The van der Waals surface area contributed by atoms with E-state index in [0.717, 1.165) is 5.75 Å². The summed E-state index contributed by atoms with van der Waals surface area (Å²) in [5, 5.41) is 12.8. The second-order valence-electron chi connectivity index (χ2n) is 6.88. The predicted molar refractivity (Wildman–Crippen MR) is 82.4 cm³/mol. The molecule has 0 bridgehead atoms. The number of nitrogens with one attached hydrogen (secondary N) is 1. The van der Waals surface area contributed by atoms with Crippen molar-refractivity contribution in [1.82, 2.24) is 5.32 Å². The summed E-state index contributed by atoms with van der Waals surface area (Å²) < 4.78 is 5.98. The zero-order chi connectivity index (χ0) is 14.8. The molecule has 2 N–H and O–H groups in total. The highest BCUT2D eigenvalue weighted by atomic mass is 16.5. The van der Waals surface area contributed by atoms with Crippen molar-refractivity contribution in [3.8, 4) is 5.75 Å². The Labute approximate surface area is 122 Å². The lowest BCUT2D eigenvalue weighted by Gasteiger charge is -2.25. The van der Waals surface area contributed by atoms with E-state index in [2.05, 4.69) is 45.1 Å². The molecule has 0 radical (unpaired) electrons. The first-order chi connectivity index (χ1) is 9.40. The van der Waals surface area contributed by atoms with Gasteiger partial charge in [-0.25, -0.2) is 0 Å². The first kappa shape index (κ1) is 15.3. The average molecular weight is 277 g/mol. The summed E-state index contributed by atoms with van der Waals surface area (Å²) in [5.74, 6) is 0.930. The maximum Gasteiger partial charge on any atom is 0.123 e. The molecule has 1 aliphatic rings. The minimum Gasteiger partial charge on any atom is -0.492 e. The lowest BCUT2D eigenvalue weighted by Crippen LogP contribution is -2.39. The second-order valence-corrected chi connectivity index (χ2v) is 6.88. The fraction of sp³-hybridized carbons (Fsp3) is 0.647. The minimum absolute atomic E-state index is 0.0246. The minimum atomic E-state index is 0.0246. The van der Waals surface area contributed by atoms with Crippen molar-refractivity contribution in [2.24, 2.45) is 0 Å². The van der Waals surface area contributed by atoms with Crippen LogP contribution in [-0.2, 0) is 5.41 Å². The number of aliphatic hydroxyl groups excluding tert-OH is 1. The molecule has 1 saturated carbocycles. The van der Waals surface area contributed by atoms with Crippen molar-refractivity contribution in [3.05, 3.63) is 29.3 Å². The molecule has 2 rings (SSSR count). The highest BCUT2D eigenvalue weighted by Crippen LogP contribution is 2.32. The Bertz CT molecular complexity index is 447. The van der Waals surface area contributed by atoms with Crippen molar-refractivity contribution in [3.63, 3.8) is 0 Å². The molecule has 112 valence electrons. The van der Waals surface area contributed by atoms with Gasteiger partial charge in [0.05, 0.1) is 12.6 Å². The third-order valence-corrected chi connectivity index (χ3v) is 3.65. The number of ether oxygens (including phenoxy) is 1. The molecule has 0 aliphatic heterocycles. The molecule has 0 heterocycles. The highest BCUT2D eigenvalue weighted by Gasteiger charge is 2.25. The van der Waals surface area contributed by atoms with Gasteiger partial charge in [0.15, 0.2) is 0 Å². The van der Waals surface area contributed by atoms with Gasteiger partial charge in [-0.15, -0.1) is 0 Å². The van der Waals surface area contributed by atoms with E-state index in [-0.39, 0.29) is 18.1 Å². The van der Waals surface area contributed by atoms with Crippen molar-refractivity contribution >= 4 is 0 Å². The highest BCUT2D eigenvalue weighted by molar-refractivity contribution is 5.41. The maximum absolute atomic E-state index is 9.41. The fourth-order valence-corrected chi connectivity index (χ4v) is 2.28. The first-order valence-electron chi connectivity index (χ1n) is 7.51. The number of aliphatic hydroxyl groups is 1. The molecule has 1 aromatic rings. The fourth-order valence-electron chi connectivity index (χ4n) is 2.28. The van der Waals surface area contributed by atoms with E-state index < -0.39 is 0 Å². The monoisotopic (exact) mass is 277 g/mol. The Morgan fingerprint density at radius 2 is 2.05 bits per heavy atom. The van der Waals surface area contributed by atoms with Gasteiger partial charge in [-0.05, 0) is 36.8 Å². The Balaban J connectivity index is 2.04. The Hall–Kier alpha value is -1.06. The van der Waals surface area contributed by atoms with Gasteiger partial charge in [0, 0.05) is 6.04 Å². The lowest BCUT2D eigenvalue weighted by molar-refractivity contribution is 0.180. The topological polar surface area (TPSA) is 41.5 Å². The van der Waals surface area contributed by atoms with Crippen molar-refractivity contribution in [2.75, 3.05) is 13.2 Å². The molecule has 0 aromatic heterocycles. The molecule has 3 heteroatoms. The van der Waals surface area contributed by atoms with Crippen LogP contribution in [0.25, 0.3) is 0 Å². The number of benzene rings is 1. The Morgan fingerprint density at radius 1 is 1.35 bits per heavy atom. The number of rotatable bonds is 6. The molecule has 1 aliphatic carbocycles. The SMILES string of the molecule is Cc1ccc(OCC(CO)NC2CC2)c(C(C)(C)C)c1. The second kappa shape index (κ2) is 6.15. The zero-order valence-corrected chi connectivity index (χ0v) is 13.1. The average Bonchev–Trinajstić information content (AvgIpc) is 3.18. The van der Waals surface area contributed by atoms with Gasteiger partial charge in [0.2, 0.25) is 0 Å². The number of aryl methyl sites for hydroxylation is 1. The zero-order valence-electron chi connectivity index (χ0n) is 13.1. The van der Waals surface area contributed by atoms with E-state index in [4.69, 9.17) is 4.74 Å². The van der Waals surface area contributed by atoms with Crippen LogP contribution in [0.1, 0.15) is 44.7 Å². The lowest BCUT2D eigenvalue weighted by atomic mass is 9.85. The van der Waals surface area contributed by atoms with Gasteiger partial charge >= 0.3 is 0 Å². The van der Waals surface area contributed by atoms with Gasteiger partial charge in [-0.3, -0.25) is 0 Å². The molecule has 0 amide bonds. The molecule has 0 spiro atoms. The Kier molecular flexibility index (Phi) is 4.71. The third-order valence-electron chi connectivity index (χ3n) is 3.65. The van der Waals surface area contributed by atoms with Crippen LogP contribution in [0.3, 0.4) is 0 Å². The summed E-state index contributed by atoms with van der Waals surface area (Å²) in [5.41, 5.74) is 2.53. The van der Waals surface area contributed by atoms with Crippen LogP contribution in [0.4, 0.5) is 0 Å². The van der Waals surface area contributed by atoms with Crippen molar-refractivity contribution < 1.29 is 9.84 Å². The van der Waals surface area contributed by atoms with Crippen molar-refractivity contribution in [2.45, 2.75) is 58.0 Å². The first-order valence-corrected chi connectivity index (χ1v) is 7.51. The summed E-state index contributed by atoms with van der Waals surface area (Å²) in [6.45, 7) is 9.32. The van der Waals surface area contributed by atoms with Gasteiger partial charge in [0.25, 0.3) is 0 Å². The summed E-state index contributed by atoms with van der Waals surface area (Å²) in [6, 6.07) is 6.92. The standard InChI is InChI=1S/C17H27NO2/c1-12-5-8-16(15(9-12)17(2,3)4)20-11-14(10-19)18-13-6-7-13/h5,8-9,13-14,18-19H,6-7,10-11H2,1-4H3. The van der Waals surface area contributed by atoms with Crippen LogP contribution >= 0.6 is 0 Å². The number of hydrogen-bond acceptors (Lipinski definition) is 3. The van der Waals surface area contributed by atoms with E-state index >= 15 is 0 Å². The van der Waals surface area contributed by atoms with Crippen molar-refractivity contribution in [1.29, 1.82) is 0 Å². The van der Waals surface area contributed by atoms with Gasteiger partial charge in [-0.2, -0.15) is 0 Å². The van der Waals surface area contributed by atoms with E-state index in [0.29, 0.717) is 12.6 Å². The van der Waals surface area contributed by atoms with Crippen LogP contribution in [0.2, 0.25) is 0 Å². The molecule has 1 aromatic carbocycles. The van der Waals surface area contributed by atoms with Crippen LogP contribution in [-0.4, -0.2) is 30.4 Å². The van der Waals surface area contributed by atoms with Crippen LogP contribution in [0.5, 0.6) is 5.75 Å². The van der Waals surface area contributed by atoms with E-state index in [1.165, 1.54) is 24.0 Å². The van der Waals surface area contributed by atoms with Gasteiger partial charge < -0.3 is 15.2 Å². The van der Waals surface area contributed by atoms with Gasteiger partial charge in [-0.1, -0.05) is 38.5 Å². The van der Waals surface area contributed by atoms with Crippen LogP contribution < -0.4 is 10.1 Å². The van der Waals surface area contributed by atoms with Gasteiger partial charge in [0.1, 0.15) is 12.4 Å². The largest absolute Gasteiger partial charge is 0.492 e. The summed E-state index contributed by atoms with van der Waals surface area (Å²) in [4.78, 5) is 0. The summed E-state index contributed by atoms with van der Waals surface area (Å²) >= 11 is 0. The van der Waals surface area contributed by atoms with Crippen LogP contribution in [0.15, 0.2) is 18.2 Å². The van der Waals surface area contributed by atoms with E-state index in [9.17, 15) is 5.11 Å². The molecule has 20 heavy (non-hydrogen) atoms. The smallest absolute Gasteiger partial charge is 0.123 e.